The van der Waals surface area contributed by atoms with E-state index in [0.717, 1.165) is 50.4 Å². The summed E-state index contributed by atoms with van der Waals surface area (Å²) < 4.78 is 6.88. The van der Waals surface area contributed by atoms with Crippen LogP contribution in [0.5, 0.6) is 0 Å². The second-order valence-electron chi connectivity index (χ2n) is 5.69. The Morgan fingerprint density at radius 3 is 3.09 bits per heavy atom. The van der Waals surface area contributed by atoms with Crippen LogP contribution in [-0.4, -0.2) is 43.8 Å². The molecule has 1 fully saturated rings. The van der Waals surface area contributed by atoms with Gasteiger partial charge < -0.3 is 15.4 Å². The SMILES string of the molecule is CN=C(NCCCc1nc2ccccc2s1)NCC1CCCO1. The van der Waals surface area contributed by atoms with Gasteiger partial charge in [0.1, 0.15) is 0 Å². The molecule has 1 aromatic heterocycles. The molecule has 0 radical (unpaired) electrons. The highest BCUT2D eigenvalue weighted by Crippen LogP contribution is 2.22. The molecule has 1 aromatic carbocycles. The molecule has 3 rings (SSSR count). The lowest BCUT2D eigenvalue weighted by Gasteiger charge is -2.14. The van der Waals surface area contributed by atoms with Gasteiger partial charge in [-0.25, -0.2) is 4.98 Å². The van der Waals surface area contributed by atoms with E-state index >= 15 is 0 Å². The first-order valence-electron chi connectivity index (χ1n) is 8.26. The minimum atomic E-state index is 0.330. The van der Waals surface area contributed by atoms with Gasteiger partial charge in [0.2, 0.25) is 0 Å². The summed E-state index contributed by atoms with van der Waals surface area (Å²) in [7, 11) is 1.80. The number of benzene rings is 1. The average molecular weight is 332 g/mol. The van der Waals surface area contributed by atoms with E-state index in [2.05, 4.69) is 38.8 Å². The molecule has 0 saturated carbocycles. The summed E-state index contributed by atoms with van der Waals surface area (Å²) in [5.74, 6) is 0.852. The van der Waals surface area contributed by atoms with Crippen LogP contribution in [0.25, 0.3) is 10.2 Å². The van der Waals surface area contributed by atoms with Crippen LogP contribution < -0.4 is 10.6 Å². The van der Waals surface area contributed by atoms with Crippen molar-refractivity contribution in [1.82, 2.24) is 15.6 Å². The zero-order chi connectivity index (χ0) is 15.9. The lowest BCUT2D eigenvalue weighted by molar-refractivity contribution is 0.114. The van der Waals surface area contributed by atoms with E-state index in [1.54, 1.807) is 18.4 Å². The van der Waals surface area contributed by atoms with Crippen LogP contribution in [-0.2, 0) is 11.2 Å². The van der Waals surface area contributed by atoms with E-state index < -0.39 is 0 Å². The zero-order valence-corrected chi connectivity index (χ0v) is 14.4. The number of hydrogen-bond acceptors (Lipinski definition) is 4. The van der Waals surface area contributed by atoms with E-state index in [0.29, 0.717) is 6.10 Å². The van der Waals surface area contributed by atoms with E-state index in [4.69, 9.17) is 4.74 Å². The van der Waals surface area contributed by atoms with Crippen molar-refractivity contribution >= 4 is 27.5 Å². The van der Waals surface area contributed by atoms with Gasteiger partial charge in [0.05, 0.1) is 21.3 Å². The molecule has 0 amide bonds. The molecule has 2 heterocycles. The highest BCUT2D eigenvalue weighted by atomic mass is 32.1. The monoisotopic (exact) mass is 332 g/mol. The van der Waals surface area contributed by atoms with Crippen LogP contribution in [0.4, 0.5) is 0 Å². The second kappa shape index (κ2) is 8.26. The van der Waals surface area contributed by atoms with Gasteiger partial charge in [0, 0.05) is 33.2 Å². The number of hydrogen-bond donors (Lipinski definition) is 2. The van der Waals surface area contributed by atoms with Gasteiger partial charge in [-0.3, -0.25) is 4.99 Å². The number of aliphatic imine (C=N–C) groups is 1. The largest absolute Gasteiger partial charge is 0.376 e. The highest BCUT2D eigenvalue weighted by Gasteiger charge is 2.15. The van der Waals surface area contributed by atoms with Crippen molar-refractivity contribution < 1.29 is 4.74 Å². The Kier molecular flexibility index (Phi) is 5.82. The molecule has 1 saturated heterocycles. The molecule has 1 unspecified atom stereocenters. The Balaban J connectivity index is 1.37. The second-order valence-corrected chi connectivity index (χ2v) is 6.81. The standard InChI is InChI=1S/C17H24N4OS/c1-18-17(20-12-13-6-5-11-22-13)19-10-4-9-16-21-14-7-2-3-8-15(14)23-16/h2-3,7-8,13H,4-6,9-12H2,1H3,(H2,18,19,20). The fourth-order valence-corrected chi connectivity index (χ4v) is 3.72. The maximum absolute atomic E-state index is 5.61. The maximum atomic E-state index is 5.61. The number of aromatic nitrogens is 1. The number of fused-ring (bicyclic) bond motifs is 1. The van der Waals surface area contributed by atoms with E-state index in [-0.39, 0.29) is 0 Å². The van der Waals surface area contributed by atoms with Crippen LogP contribution in [0.3, 0.4) is 0 Å². The molecule has 0 aliphatic carbocycles. The van der Waals surface area contributed by atoms with Crippen LogP contribution >= 0.6 is 11.3 Å². The molecule has 1 aliphatic heterocycles. The van der Waals surface area contributed by atoms with Crippen molar-refractivity contribution in [2.75, 3.05) is 26.7 Å². The predicted molar refractivity (Wildman–Crippen MR) is 96.3 cm³/mol. The van der Waals surface area contributed by atoms with Crippen molar-refractivity contribution in [3.8, 4) is 0 Å². The predicted octanol–water partition coefficient (Wildman–Crippen LogP) is 2.57. The molecule has 0 spiro atoms. The van der Waals surface area contributed by atoms with Gasteiger partial charge in [-0.05, 0) is 31.4 Å². The van der Waals surface area contributed by atoms with Gasteiger partial charge in [0.25, 0.3) is 0 Å². The topological polar surface area (TPSA) is 58.5 Å². The number of rotatable bonds is 6. The third-order valence-electron chi connectivity index (χ3n) is 3.94. The normalized spacial score (nSPS) is 18.5. The minimum absolute atomic E-state index is 0.330. The first-order valence-corrected chi connectivity index (χ1v) is 9.07. The molecule has 2 aromatic rings. The summed E-state index contributed by atoms with van der Waals surface area (Å²) in [6.45, 7) is 2.61. The molecular formula is C17H24N4OS. The number of thiazole rings is 1. The number of guanidine groups is 1. The molecule has 0 bridgehead atoms. The first-order chi connectivity index (χ1) is 11.3. The summed E-state index contributed by atoms with van der Waals surface area (Å²) in [5.41, 5.74) is 1.11. The Morgan fingerprint density at radius 1 is 1.39 bits per heavy atom. The molecule has 124 valence electrons. The minimum Gasteiger partial charge on any atom is -0.376 e. The fourth-order valence-electron chi connectivity index (χ4n) is 2.71. The lowest BCUT2D eigenvalue weighted by atomic mass is 10.2. The number of aryl methyl sites for hydroxylation is 1. The smallest absolute Gasteiger partial charge is 0.191 e. The molecule has 1 atom stereocenters. The van der Waals surface area contributed by atoms with E-state index in [1.807, 2.05) is 6.07 Å². The van der Waals surface area contributed by atoms with Crippen molar-refractivity contribution in [2.45, 2.75) is 31.8 Å². The number of nitrogens with one attached hydrogen (secondary N) is 2. The Bertz CT molecular complexity index is 616. The molecule has 23 heavy (non-hydrogen) atoms. The fraction of sp³-hybridized carbons (Fsp3) is 0.529. The maximum Gasteiger partial charge on any atom is 0.191 e. The summed E-state index contributed by atoms with van der Waals surface area (Å²) in [6, 6.07) is 8.31. The summed E-state index contributed by atoms with van der Waals surface area (Å²) in [5, 5.41) is 7.89. The van der Waals surface area contributed by atoms with Crippen LogP contribution in [0.2, 0.25) is 0 Å². The van der Waals surface area contributed by atoms with Gasteiger partial charge in [-0.1, -0.05) is 12.1 Å². The average Bonchev–Trinajstić information content (AvgIpc) is 3.23. The van der Waals surface area contributed by atoms with Crippen molar-refractivity contribution in [3.63, 3.8) is 0 Å². The van der Waals surface area contributed by atoms with Gasteiger partial charge in [0.15, 0.2) is 5.96 Å². The van der Waals surface area contributed by atoms with Gasteiger partial charge >= 0.3 is 0 Å². The highest BCUT2D eigenvalue weighted by molar-refractivity contribution is 7.18. The van der Waals surface area contributed by atoms with Crippen molar-refractivity contribution in [1.29, 1.82) is 0 Å². The summed E-state index contributed by atoms with van der Waals surface area (Å²) in [6.07, 6.45) is 4.67. The Labute approximate surface area is 141 Å². The van der Waals surface area contributed by atoms with Crippen molar-refractivity contribution in [3.05, 3.63) is 29.3 Å². The van der Waals surface area contributed by atoms with Gasteiger partial charge in [-0.15, -0.1) is 11.3 Å². The van der Waals surface area contributed by atoms with Crippen molar-refractivity contribution in [2.24, 2.45) is 4.99 Å². The third-order valence-corrected chi connectivity index (χ3v) is 5.04. The molecule has 6 heteroatoms. The summed E-state index contributed by atoms with van der Waals surface area (Å²) >= 11 is 1.79. The van der Waals surface area contributed by atoms with Gasteiger partial charge in [-0.2, -0.15) is 0 Å². The number of nitrogens with zero attached hydrogens (tertiary/aromatic N) is 2. The molecule has 1 aliphatic rings. The van der Waals surface area contributed by atoms with Crippen LogP contribution in [0.15, 0.2) is 29.3 Å². The third kappa shape index (κ3) is 4.65. The number of para-hydroxylation sites is 1. The van der Waals surface area contributed by atoms with E-state index in [1.165, 1.54) is 16.1 Å². The van der Waals surface area contributed by atoms with Crippen LogP contribution in [0.1, 0.15) is 24.3 Å². The summed E-state index contributed by atoms with van der Waals surface area (Å²) in [4.78, 5) is 8.92. The molecular weight excluding hydrogens is 308 g/mol. The molecule has 5 nitrogen and oxygen atoms in total. The lowest BCUT2D eigenvalue weighted by Crippen LogP contribution is -2.41. The Hall–Kier alpha value is -1.66. The van der Waals surface area contributed by atoms with Crippen LogP contribution in [0, 0.1) is 0 Å². The Morgan fingerprint density at radius 2 is 2.30 bits per heavy atom. The first kappa shape index (κ1) is 16.2. The zero-order valence-electron chi connectivity index (χ0n) is 13.5. The molecule has 2 N–H and O–H groups in total. The number of ether oxygens (including phenoxy) is 1. The van der Waals surface area contributed by atoms with E-state index in [9.17, 15) is 0 Å². The quantitative estimate of drug-likeness (QED) is 0.485.